The van der Waals surface area contributed by atoms with E-state index in [0.29, 0.717) is 5.92 Å². The molecule has 2 aliphatic carbocycles. The van der Waals surface area contributed by atoms with E-state index in [4.69, 9.17) is 10.5 Å². The molecule has 0 aromatic heterocycles. The molecule has 2 atom stereocenters. The summed E-state index contributed by atoms with van der Waals surface area (Å²) in [4.78, 5) is 0. The Hall–Kier alpha value is -0.500. The number of methoxy groups -OCH3 is 1. The van der Waals surface area contributed by atoms with Crippen LogP contribution in [-0.2, 0) is 4.74 Å². The van der Waals surface area contributed by atoms with E-state index in [1.165, 1.54) is 19.3 Å². The largest absolute Gasteiger partial charge is 0.501 e. The summed E-state index contributed by atoms with van der Waals surface area (Å²) in [5, 5.41) is 0. The van der Waals surface area contributed by atoms with Crippen molar-refractivity contribution in [3.8, 4) is 0 Å². The molecule has 2 rings (SSSR count). The van der Waals surface area contributed by atoms with Gasteiger partial charge in [0.05, 0.1) is 12.9 Å². The first-order chi connectivity index (χ1) is 5.81. The maximum atomic E-state index is 5.83. The van der Waals surface area contributed by atoms with Gasteiger partial charge in [-0.1, -0.05) is 0 Å². The van der Waals surface area contributed by atoms with Gasteiger partial charge in [0.1, 0.15) is 0 Å². The normalized spacial score (nSPS) is 36.0. The van der Waals surface area contributed by atoms with Crippen molar-refractivity contribution in [1.29, 1.82) is 0 Å². The molecule has 0 amide bonds. The zero-order chi connectivity index (χ0) is 8.55. The fraction of sp³-hybridized carbons (Fsp3) is 0.800. The maximum Gasteiger partial charge on any atom is 0.0964 e. The van der Waals surface area contributed by atoms with Gasteiger partial charge >= 0.3 is 0 Å². The number of nitrogens with two attached hydrogens (primary N) is 1. The number of hydrogen-bond acceptors (Lipinski definition) is 2. The number of ether oxygens (including phenoxy) is 1. The van der Waals surface area contributed by atoms with Crippen molar-refractivity contribution < 1.29 is 4.74 Å². The van der Waals surface area contributed by atoms with Crippen LogP contribution in [0.4, 0.5) is 0 Å². The van der Waals surface area contributed by atoms with E-state index in [9.17, 15) is 0 Å². The minimum Gasteiger partial charge on any atom is -0.501 e. The molecule has 0 spiro atoms. The van der Waals surface area contributed by atoms with E-state index in [-0.39, 0.29) is 6.04 Å². The van der Waals surface area contributed by atoms with Crippen molar-refractivity contribution in [2.75, 3.05) is 7.11 Å². The van der Waals surface area contributed by atoms with Crippen LogP contribution in [0.3, 0.4) is 0 Å². The van der Waals surface area contributed by atoms with Crippen LogP contribution < -0.4 is 5.73 Å². The van der Waals surface area contributed by atoms with Gasteiger partial charge in [0.25, 0.3) is 0 Å². The van der Waals surface area contributed by atoms with Gasteiger partial charge in [0.2, 0.25) is 0 Å². The molecule has 2 N–H and O–H groups in total. The lowest BCUT2D eigenvalue weighted by Crippen LogP contribution is -2.26. The van der Waals surface area contributed by atoms with Gasteiger partial charge < -0.3 is 10.5 Å². The standard InChI is InChI=1S/C10H17NO/c1-12-10-6-8(11)4-5-9(10)7-2-3-7/h6-9H,2-5,11H2,1H3. The summed E-state index contributed by atoms with van der Waals surface area (Å²) in [5.41, 5.74) is 5.83. The van der Waals surface area contributed by atoms with Gasteiger partial charge in [0.15, 0.2) is 0 Å². The molecule has 0 radical (unpaired) electrons. The van der Waals surface area contributed by atoms with Crippen molar-refractivity contribution in [2.24, 2.45) is 17.6 Å². The molecule has 2 unspecified atom stereocenters. The monoisotopic (exact) mass is 167 g/mol. The molecule has 12 heavy (non-hydrogen) atoms. The molecule has 0 saturated heterocycles. The van der Waals surface area contributed by atoms with Crippen LogP contribution in [0.1, 0.15) is 25.7 Å². The minimum atomic E-state index is 0.231. The Bertz CT molecular complexity index is 196. The van der Waals surface area contributed by atoms with Crippen LogP contribution >= 0.6 is 0 Å². The number of hydrogen-bond donors (Lipinski definition) is 1. The highest BCUT2D eigenvalue weighted by atomic mass is 16.5. The summed E-state index contributed by atoms with van der Waals surface area (Å²) >= 11 is 0. The highest BCUT2D eigenvalue weighted by molar-refractivity contribution is 5.11. The minimum absolute atomic E-state index is 0.231. The Labute approximate surface area is 73.8 Å². The van der Waals surface area contributed by atoms with E-state index in [2.05, 4.69) is 6.08 Å². The summed E-state index contributed by atoms with van der Waals surface area (Å²) in [6.45, 7) is 0. The lowest BCUT2D eigenvalue weighted by Gasteiger charge is -2.25. The zero-order valence-electron chi connectivity index (χ0n) is 7.62. The topological polar surface area (TPSA) is 35.2 Å². The van der Waals surface area contributed by atoms with Crippen LogP contribution in [0.25, 0.3) is 0 Å². The molecule has 0 bridgehead atoms. The first-order valence-corrected chi connectivity index (χ1v) is 4.82. The quantitative estimate of drug-likeness (QED) is 0.679. The first-order valence-electron chi connectivity index (χ1n) is 4.82. The predicted molar refractivity (Wildman–Crippen MR) is 48.5 cm³/mol. The third-order valence-electron chi connectivity index (χ3n) is 2.98. The second-order valence-corrected chi connectivity index (χ2v) is 3.96. The van der Waals surface area contributed by atoms with Gasteiger partial charge in [-0.15, -0.1) is 0 Å². The fourth-order valence-electron chi connectivity index (χ4n) is 2.12. The van der Waals surface area contributed by atoms with Gasteiger partial charge in [-0.3, -0.25) is 0 Å². The third-order valence-corrected chi connectivity index (χ3v) is 2.98. The molecule has 0 aromatic carbocycles. The van der Waals surface area contributed by atoms with Crippen molar-refractivity contribution in [1.82, 2.24) is 0 Å². The van der Waals surface area contributed by atoms with Crippen LogP contribution in [0.5, 0.6) is 0 Å². The average Bonchev–Trinajstić information content (AvgIpc) is 2.87. The Kier molecular flexibility index (Phi) is 2.09. The lowest BCUT2D eigenvalue weighted by molar-refractivity contribution is 0.207. The van der Waals surface area contributed by atoms with E-state index in [0.717, 1.165) is 18.1 Å². The third kappa shape index (κ3) is 1.48. The lowest BCUT2D eigenvalue weighted by atomic mass is 9.88. The second-order valence-electron chi connectivity index (χ2n) is 3.96. The zero-order valence-corrected chi connectivity index (χ0v) is 7.62. The average molecular weight is 167 g/mol. The molecular weight excluding hydrogens is 150 g/mol. The Balaban J connectivity index is 2.07. The molecule has 0 aliphatic heterocycles. The second kappa shape index (κ2) is 3.09. The molecular formula is C10H17NO. The van der Waals surface area contributed by atoms with Crippen molar-refractivity contribution in [3.63, 3.8) is 0 Å². The molecule has 0 aromatic rings. The molecule has 1 saturated carbocycles. The Morgan fingerprint density at radius 3 is 2.67 bits per heavy atom. The fourth-order valence-corrected chi connectivity index (χ4v) is 2.12. The number of allylic oxidation sites excluding steroid dienone is 1. The number of rotatable bonds is 2. The van der Waals surface area contributed by atoms with E-state index in [1.807, 2.05) is 0 Å². The summed E-state index contributed by atoms with van der Waals surface area (Å²) in [6.07, 6.45) is 7.24. The Morgan fingerprint density at radius 2 is 2.08 bits per heavy atom. The van der Waals surface area contributed by atoms with Gasteiger partial charge in [0, 0.05) is 12.0 Å². The maximum absolute atomic E-state index is 5.83. The van der Waals surface area contributed by atoms with Gasteiger partial charge in [-0.2, -0.15) is 0 Å². The smallest absolute Gasteiger partial charge is 0.0964 e. The first kappa shape index (κ1) is 8.11. The highest BCUT2D eigenvalue weighted by Crippen LogP contribution is 2.44. The molecule has 1 fully saturated rings. The summed E-state index contributed by atoms with van der Waals surface area (Å²) in [6, 6.07) is 0.231. The van der Waals surface area contributed by atoms with E-state index in [1.54, 1.807) is 7.11 Å². The SMILES string of the molecule is COC1=CC(N)CCC1C1CC1. The van der Waals surface area contributed by atoms with Gasteiger partial charge in [-0.25, -0.2) is 0 Å². The van der Waals surface area contributed by atoms with Crippen molar-refractivity contribution >= 4 is 0 Å². The Morgan fingerprint density at radius 1 is 1.33 bits per heavy atom. The van der Waals surface area contributed by atoms with Crippen LogP contribution in [0.15, 0.2) is 11.8 Å². The molecule has 2 aliphatic rings. The van der Waals surface area contributed by atoms with Crippen LogP contribution in [0.2, 0.25) is 0 Å². The molecule has 0 heterocycles. The van der Waals surface area contributed by atoms with E-state index < -0.39 is 0 Å². The van der Waals surface area contributed by atoms with Crippen molar-refractivity contribution in [2.45, 2.75) is 31.7 Å². The highest BCUT2D eigenvalue weighted by Gasteiger charge is 2.36. The molecule has 2 nitrogen and oxygen atoms in total. The predicted octanol–water partition coefficient (Wildman–Crippen LogP) is 1.66. The molecule has 2 heteroatoms. The summed E-state index contributed by atoms with van der Waals surface area (Å²) in [7, 11) is 1.76. The summed E-state index contributed by atoms with van der Waals surface area (Å²) < 4.78 is 5.36. The van der Waals surface area contributed by atoms with Crippen LogP contribution in [0, 0.1) is 11.8 Å². The summed E-state index contributed by atoms with van der Waals surface area (Å²) in [5.74, 6) is 2.75. The van der Waals surface area contributed by atoms with Crippen molar-refractivity contribution in [3.05, 3.63) is 11.8 Å². The van der Waals surface area contributed by atoms with Gasteiger partial charge in [-0.05, 0) is 37.7 Å². The van der Waals surface area contributed by atoms with Crippen LogP contribution in [-0.4, -0.2) is 13.2 Å². The molecule has 68 valence electrons. The van der Waals surface area contributed by atoms with E-state index >= 15 is 0 Å².